The number of carbonyl (C=O) groups is 4. The van der Waals surface area contributed by atoms with Gasteiger partial charge in [-0.1, -0.05) is 13.8 Å². The molecule has 0 aromatic rings. The average Bonchev–Trinajstić information content (AvgIpc) is 3.01. The molecule has 0 saturated heterocycles. The molecule has 0 aromatic carbocycles. The normalized spacial score (nSPS) is 11.4. The quantitative estimate of drug-likeness (QED) is 0.0527. The third kappa shape index (κ3) is 26.5. The van der Waals surface area contributed by atoms with E-state index in [1.165, 1.54) is 0 Å². The van der Waals surface area contributed by atoms with E-state index in [2.05, 4.69) is 0 Å². The number of nitrogens with two attached hydrogens (primary N) is 3. The molecule has 45 heavy (non-hydrogen) atoms. The van der Waals surface area contributed by atoms with Gasteiger partial charge in [-0.2, -0.15) is 0 Å². The lowest BCUT2D eigenvalue weighted by atomic mass is 9.92. The van der Waals surface area contributed by atoms with E-state index < -0.39 is 23.3 Å². The van der Waals surface area contributed by atoms with E-state index in [4.69, 9.17) is 55.1 Å². The van der Waals surface area contributed by atoms with Gasteiger partial charge in [0.25, 0.3) is 0 Å². The van der Waals surface area contributed by atoms with Gasteiger partial charge in [-0.25, -0.2) is 0 Å². The van der Waals surface area contributed by atoms with Crippen molar-refractivity contribution in [1.29, 1.82) is 0 Å². The van der Waals surface area contributed by atoms with Gasteiger partial charge in [-0.15, -0.1) is 0 Å². The summed E-state index contributed by atoms with van der Waals surface area (Å²) in [5.41, 5.74) is 15.4. The van der Waals surface area contributed by atoms with E-state index in [0.29, 0.717) is 45.5 Å². The summed E-state index contributed by atoms with van der Waals surface area (Å²) in [6, 6.07) is 0. The minimum Gasteiger partial charge on any atom is -0.466 e. The second-order valence-electron chi connectivity index (χ2n) is 10.9. The number of carbonyl (C=O) groups excluding carboxylic acids is 4. The van der Waals surface area contributed by atoms with Crippen molar-refractivity contribution in [2.75, 3.05) is 98.9 Å². The molecule has 0 fully saturated rings. The number of hydrogen-bond acceptors (Lipinski definition) is 15. The number of esters is 4. The Kier molecular flexibility index (Phi) is 27.5. The van der Waals surface area contributed by atoms with Crippen LogP contribution in [0.4, 0.5) is 0 Å². The molecule has 0 amide bonds. The molecule has 0 radical (unpaired) electrons. The lowest BCUT2D eigenvalue weighted by molar-refractivity contribution is -0.148. The largest absolute Gasteiger partial charge is 0.466 e. The molecular formula is C30H57N3O12. The minimum atomic E-state index is -0.918. The van der Waals surface area contributed by atoms with E-state index >= 15 is 0 Å². The first-order valence-corrected chi connectivity index (χ1v) is 15.7. The lowest BCUT2D eigenvalue weighted by Gasteiger charge is -2.33. The van der Waals surface area contributed by atoms with Crippen LogP contribution < -0.4 is 17.2 Å². The minimum absolute atomic E-state index is 0.0220. The molecule has 0 saturated carbocycles. The molecule has 0 heterocycles. The van der Waals surface area contributed by atoms with Crippen molar-refractivity contribution in [3.63, 3.8) is 0 Å². The Hall–Kier alpha value is -2.40. The van der Waals surface area contributed by atoms with E-state index in [1.807, 2.05) is 13.8 Å². The zero-order chi connectivity index (χ0) is 33.6. The summed E-state index contributed by atoms with van der Waals surface area (Å²) in [6.07, 6.45) is 1.80. The van der Waals surface area contributed by atoms with Crippen molar-refractivity contribution in [1.82, 2.24) is 0 Å². The summed E-state index contributed by atoms with van der Waals surface area (Å²) >= 11 is 0. The highest BCUT2D eigenvalue weighted by Gasteiger charge is 2.33. The van der Waals surface area contributed by atoms with Crippen LogP contribution in [-0.2, 0) is 57.1 Å². The SMILES string of the molecule is CC(C)COC(=O)CCOCC(COCCC(=O)OCCCN)(COCCC(=O)OCCCN)COCCC(=O)OCCCN. The number of ether oxygens (including phenoxy) is 8. The third-order valence-corrected chi connectivity index (χ3v) is 5.85. The fourth-order valence-corrected chi connectivity index (χ4v) is 3.38. The van der Waals surface area contributed by atoms with Gasteiger partial charge < -0.3 is 55.1 Å². The third-order valence-electron chi connectivity index (χ3n) is 5.85. The van der Waals surface area contributed by atoms with Crippen molar-refractivity contribution in [3.05, 3.63) is 0 Å². The molecule has 264 valence electrons. The van der Waals surface area contributed by atoms with E-state index in [1.54, 1.807) is 0 Å². The van der Waals surface area contributed by atoms with Crippen LogP contribution in [0.2, 0.25) is 0 Å². The highest BCUT2D eigenvalue weighted by Crippen LogP contribution is 2.22. The molecule has 0 aromatic heterocycles. The molecule has 0 aliphatic carbocycles. The van der Waals surface area contributed by atoms with E-state index in [-0.39, 0.29) is 110 Å². The molecule has 15 nitrogen and oxygen atoms in total. The van der Waals surface area contributed by atoms with Gasteiger partial charge in [0, 0.05) is 0 Å². The highest BCUT2D eigenvalue weighted by atomic mass is 16.6. The molecule has 0 bridgehead atoms. The van der Waals surface area contributed by atoms with Gasteiger partial charge in [0.2, 0.25) is 0 Å². The Morgan fingerprint density at radius 2 is 0.778 bits per heavy atom. The lowest BCUT2D eigenvalue weighted by Crippen LogP contribution is -2.42. The number of rotatable bonds is 31. The van der Waals surface area contributed by atoms with Crippen molar-refractivity contribution < 1.29 is 57.1 Å². The zero-order valence-corrected chi connectivity index (χ0v) is 27.3. The molecule has 0 unspecified atom stereocenters. The van der Waals surface area contributed by atoms with Crippen LogP contribution in [0.25, 0.3) is 0 Å². The van der Waals surface area contributed by atoms with Crippen LogP contribution >= 0.6 is 0 Å². The van der Waals surface area contributed by atoms with Gasteiger partial charge >= 0.3 is 23.9 Å². The summed E-state index contributed by atoms with van der Waals surface area (Å²) in [6.45, 7) is 6.59. The van der Waals surface area contributed by atoms with E-state index in [9.17, 15) is 19.2 Å². The Balaban J connectivity index is 5.30. The Morgan fingerprint density at radius 3 is 1.04 bits per heavy atom. The summed E-state index contributed by atoms with van der Waals surface area (Å²) in [5.74, 6) is -1.42. The summed E-state index contributed by atoms with van der Waals surface area (Å²) in [4.78, 5) is 48.0. The predicted octanol–water partition coefficient (Wildman–Crippen LogP) is 0.475. The van der Waals surface area contributed by atoms with Crippen molar-refractivity contribution >= 4 is 23.9 Å². The van der Waals surface area contributed by atoms with Crippen molar-refractivity contribution in [2.24, 2.45) is 28.5 Å². The first-order valence-electron chi connectivity index (χ1n) is 15.7. The van der Waals surface area contributed by atoms with Crippen LogP contribution in [0.3, 0.4) is 0 Å². The molecule has 0 rings (SSSR count). The number of hydrogen-bond donors (Lipinski definition) is 3. The molecule has 0 aliphatic heterocycles. The maximum absolute atomic E-state index is 12.1. The fourth-order valence-electron chi connectivity index (χ4n) is 3.38. The second kappa shape index (κ2) is 29.0. The van der Waals surface area contributed by atoms with Gasteiger partial charge in [0.1, 0.15) is 0 Å². The molecule has 0 spiro atoms. The fraction of sp³-hybridized carbons (Fsp3) is 0.867. The van der Waals surface area contributed by atoms with Gasteiger partial charge in [0.15, 0.2) is 0 Å². The van der Waals surface area contributed by atoms with Crippen LogP contribution in [-0.4, -0.2) is 123 Å². The monoisotopic (exact) mass is 651 g/mol. The second-order valence-corrected chi connectivity index (χ2v) is 10.9. The standard InChI is InChI=1S/C30H57N3O12/c1-25(2)20-45-29(37)9-19-41-24-30(21-38-16-6-26(34)42-13-3-10-31,22-39-17-7-27(35)43-14-4-11-32)23-40-18-8-28(36)44-15-5-12-33/h25H,3-24,31-33H2,1-2H3. The van der Waals surface area contributed by atoms with Gasteiger partial charge in [0.05, 0.1) is 110 Å². The van der Waals surface area contributed by atoms with Crippen LogP contribution in [0, 0.1) is 11.3 Å². The Bertz CT molecular complexity index is 711. The van der Waals surface area contributed by atoms with Gasteiger partial charge in [-0.3, -0.25) is 19.2 Å². The summed E-state index contributed by atoms with van der Waals surface area (Å²) in [7, 11) is 0. The zero-order valence-electron chi connectivity index (χ0n) is 27.3. The highest BCUT2D eigenvalue weighted by molar-refractivity contribution is 5.70. The molecule has 0 aliphatic rings. The topological polar surface area (TPSA) is 220 Å². The van der Waals surface area contributed by atoms with Crippen LogP contribution in [0.1, 0.15) is 58.8 Å². The van der Waals surface area contributed by atoms with Crippen molar-refractivity contribution in [3.8, 4) is 0 Å². The average molecular weight is 652 g/mol. The van der Waals surface area contributed by atoms with Crippen molar-refractivity contribution in [2.45, 2.75) is 58.8 Å². The Morgan fingerprint density at radius 1 is 0.489 bits per heavy atom. The summed E-state index contributed by atoms with van der Waals surface area (Å²) < 4.78 is 43.9. The van der Waals surface area contributed by atoms with Crippen LogP contribution in [0.5, 0.6) is 0 Å². The molecule has 15 heteroatoms. The first-order chi connectivity index (χ1) is 21.7. The molecule has 0 atom stereocenters. The maximum Gasteiger partial charge on any atom is 0.308 e. The maximum atomic E-state index is 12.1. The summed E-state index contributed by atoms with van der Waals surface area (Å²) in [5, 5.41) is 0. The Labute approximate surface area is 267 Å². The smallest absolute Gasteiger partial charge is 0.308 e. The van der Waals surface area contributed by atoms with E-state index in [0.717, 1.165) is 0 Å². The van der Waals surface area contributed by atoms with Gasteiger partial charge in [-0.05, 0) is 44.8 Å². The molecular weight excluding hydrogens is 594 g/mol. The first kappa shape index (κ1) is 42.6. The van der Waals surface area contributed by atoms with Crippen LogP contribution in [0.15, 0.2) is 0 Å². The predicted molar refractivity (Wildman–Crippen MR) is 164 cm³/mol. The molecule has 6 N–H and O–H groups in total.